The van der Waals surface area contributed by atoms with Crippen LogP contribution in [0.3, 0.4) is 0 Å². The van der Waals surface area contributed by atoms with Crippen LogP contribution in [0.15, 0.2) is 24.3 Å². The van der Waals surface area contributed by atoms with Gasteiger partial charge in [-0.05, 0) is 52.2 Å². The summed E-state index contributed by atoms with van der Waals surface area (Å²) in [5, 5.41) is 0. The van der Waals surface area contributed by atoms with E-state index in [0.29, 0.717) is 24.3 Å². The summed E-state index contributed by atoms with van der Waals surface area (Å²) in [6.07, 6.45) is 3.82. The molecule has 0 radical (unpaired) electrons. The quantitative estimate of drug-likeness (QED) is 0.415. The van der Waals surface area contributed by atoms with E-state index >= 15 is 0 Å². The van der Waals surface area contributed by atoms with Gasteiger partial charge in [-0.25, -0.2) is 0 Å². The molecule has 0 fully saturated rings. The minimum absolute atomic E-state index is 0.151. The monoisotopic (exact) mass is 292 g/mol. The molecule has 0 unspecified atom stereocenters. The standard InChI is InChI=1S/C17H24O4/c1-17(2,3)21-16(19)10-5-4-6-11-20-15-9-7-8-14(12-15)13-18/h7-9,12-13H,4-6,10-11H2,1-3H3. The van der Waals surface area contributed by atoms with Gasteiger partial charge in [-0.2, -0.15) is 0 Å². The summed E-state index contributed by atoms with van der Waals surface area (Å²) < 4.78 is 10.8. The van der Waals surface area contributed by atoms with Gasteiger partial charge in [0, 0.05) is 12.0 Å². The van der Waals surface area contributed by atoms with Crippen molar-refractivity contribution in [3.05, 3.63) is 29.8 Å². The van der Waals surface area contributed by atoms with Gasteiger partial charge in [-0.1, -0.05) is 12.1 Å². The first-order valence-electron chi connectivity index (χ1n) is 7.30. The molecule has 0 spiro atoms. The van der Waals surface area contributed by atoms with Gasteiger partial charge >= 0.3 is 5.97 Å². The molecule has 21 heavy (non-hydrogen) atoms. The number of carbonyl (C=O) groups excluding carboxylic acids is 2. The van der Waals surface area contributed by atoms with Crippen molar-refractivity contribution in [2.24, 2.45) is 0 Å². The summed E-state index contributed by atoms with van der Waals surface area (Å²) in [5.74, 6) is 0.550. The van der Waals surface area contributed by atoms with Crippen LogP contribution in [-0.2, 0) is 9.53 Å². The fourth-order valence-corrected chi connectivity index (χ4v) is 1.81. The van der Waals surface area contributed by atoms with Gasteiger partial charge in [0.1, 0.15) is 17.6 Å². The Morgan fingerprint density at radius 1 is 1.19 bits per heavy atom. The van der Waals surface area contributed by atoms with Crippen LogP contribution in [-0.4, -0.2) is 24.5 Å². The van der Waals surface area contributed by atoms with Gasteiger partial charge in [0.15, 0.2) is 0 Å². The highest BCUT2D eigenvalue weighted by Gasteiger charge is 2.15. The second-order valence-electron chi connectivity index (χ2n) is 5.94. The molecule has 0 bridgehead atoms. The number of ether oxygens (including phenoxy) is 2. The zero-order valence-electron chi connectivity index (χ0n) is 13.1. The van der Waals surface area contributed by atoms with Gasteiger partial charge in [0.25, 0.3) is 0 Å². The van der Waals surface area contributed by atoms with Crippen LogP contribution >= 0.6 is 0 Å². The van der Waals surface area contributed by atoms with Crippen LogP contribution in [0.1, 0.15) is 56.8 Å². The lowest BCUT2D eigenvalue weighted by molar-refractivity contribution is -0.154. The van der Waals surface area contributed by atoms with E-state index in [2.05, 4.69) is 0 Å². The van der Waals surface area contributed by atoms with Crippen molar-refractivity contribution in [3.63, 3.8) is 0 Å². The minimum Gasteiger partial charge on any atom is -0.494 e. The van der Waals surface area contributed by atoms with Crippen LogP contribution in [0.2, 0.25) is 0 Å². The Morgan fingerprint density at radius 2 is 1.95 bits per heavy atom. The number of rotatable bonds is 8. The number of carbonyl (C=O) groups is 2. The fourth-order valence-electron chi connectivity index (χ4n) is 1.81. The molecule has 0 aliphatic rings. The molecule has 0 aromatic heterocycles. The number of hydrogen-bond donors (Lipinski definition) is 0. The van der Waals surface area contributed by atoms with Crippen LogP contribution in [0.5, 0.6) is 5.75 Å². The summed E-state index contributed by atoms with van der Waals surface area (Å²) in [6, 6.07) is 7.07. The summed E-state index contributed by atoms with van der Waals surface area (Å²) >= 11 is 0. The number of hydrogen-bond acceptors (Lipinski definition) is 4. The average Bonchev–Trinajstić information content (AvgIpc) is 2.41. The van der Waals surface area contributed by atoms with Gasteiger partial charge in [-0.3, -0.25) is 9.59 Å². The largest absolute Gasteiger partial charge is 0.494 e. The van der Waals surface area contributed by atoms with Gasteiger partial charge in [-0.15, -0.1) is 0 Å². The molecule has 0 amide bonds. The number of benzene rings is 1. The molecule has 0 saturated heterocycles. The van der Waals surface area contributed by atoms with Crippen molar-refractivity contribution in [1.82, 2.24) is 0 Å². The van der Waals surface area contributed by atoms with E-state index in [4.69, 9.17) is 9.47 Å². The zero-order chi connectivity index (χ0) is 15.7. The Balaban J connectivity index is 2.12. The third kappa shape index (κ3) is 8.12. The van der Waals surface area contributed by atoms with E-state index in [1.807, 2.05) is 26.8 Å². The molecule has 0 aliphatic carbocycles. The maximum atomic E-state index is 11.5. The Kier molecular flexibility index (Phi) is 6.92. The van der Waals surface area contributed by atoms with E-state index in [-0.39, 0.29) is 5.97 Å². The van der Waals surface area contributed by atoms with Crippen LogP contribution in [0, 0.1) is 0 Å². The van der Waals surface area contributed by atoms with E-state index in [9.17, 15) is 9.59 Å². The lowest BCUT2D eigenvalue weighted by atomic mass is 10.1. The van der Waals surface area contributed by atoms with Crippen molar-refractivity contribution in [2.45, 2.75) is 52.1 Å². The second kappa shape index (κ2) is 8.45. The molecule has 0 aliphatic heterocycles. The van der Waals surface area contributed by atoms with Gasteiger partial charge in [0.05, 0.1) is 6.61 Å². The molecule has 0 saturated carbocycles. The SMILES string of the molecule is CC(C)(C)OC(=O)CCCCCOc1cccc(C=O)c1. The zero-order valence-corrected chi connectivity index (χ0v) is 13.1. The highest BCUT2D eigenvalue weighted by atomic mass is 16.6. The molecular weight excluding hydrogens is 268 g/mol. The molecule has 0 N–H and O–H groups in total. The Morgan fingerprint density at radius 3 is 2.62 bits per heavy atom. The first kappa shape index (κ1) is 17.2. The van der Waals surface area contributed by atoms with Crippen molar-refractivity contribution in [1.29, 1.82) is 0 Å². The van der Waals surface area contributed by atoms with Crippen LogP contribution in [0.25, 0.3) is 0 Å². The average molecular weight is 292 g/mol. The van der Waals surface area contributed by atoms with E-state index < -0.39 is 5.60 Å². The van der Waals surface area contributed by atoms with Crippen molar-refractivity contribution >= 4 is 12.3 Å². The fraction of sp³-hybridized carbons (Fsp3) is 0.529. The smallest absolute Gasteiger partial charge is 0.306 e. The minimum atomic E-state index is -0.413. The first-order chi connectivity index (χ1) is 9.90. The van der Waals surface area contributed by atoms with Gasteiger partial charge < -0.3 is 9.47 Å². The number of aldehydes is 1. The molecule has 4 nitrogen and oxygen atoms in total. The van der Waals surface area contributed by atoms with Crippen molar-refractivity contribution < 1.29 is 19.1 Å². The maximum Gasteiger partial charge on any atom is 0.306 e. The molecule has 116 valence electrons. The van der Waals surface area contributed by atoms with Crippen LogP contribution in [0.4, 0.5) is 0 Å². The summed E-state index contributed by atoms with van der Waals surface area (Å²) in [7, 11) is 0. The molecule has 4 heteroatoms. The van der Waals surface area contributed by atoms with Gasteiger partial charge in [0.2, 0.25) is 0 Å². The summed E-state index contributed by atoms with van der Waals surface area (Å²) in [4.78, 5) is 22.1. The molecule has 1 aromatic carbocycles. The predicted octanol–water partition coefficient (Wildman–Crippen LogP) is 3.78. The normalized spacial score (nSPS) is 11.0. The van der Waals surface area contributed by atoms with E-state index in [0.717, 1.165) is 25.5 Å². The highest BCUT2D eigenvalue weighted by Crippen LogP contribution is 2.13. The lowest BCUT2D eigenvalue weighted by Crippen LogP contribution is -2.23. The topological polar surface area (TPSA) is 52.6 Å². The molecule has 1 rings (SSSR count). The molecule has 0 atom stereocenters. The molecular formula is C17H24O4. The Hall–Kier alpha value is -1.84. The summed E-state index contributed by atoms with van der Waals surface area (Å²) in [6.45, 7) is 6.18. The molecule has 1 aromatic rings. The second-order valence-corrected chi connectivity index (χ2v) is 5.94. The maximum absolute atomic E-state index is 11.5. The Labute approximate surface area is 126 Å². The lowest BCUT2D eigenvalue weighted by Gasteiger charge is -2.19. The first-order valence-corrected chi connectivity index (χ1v) is 7.30. The van der Waals surface area contributed by atoms with E-state index in [1.54, 1.807) is 18.2 Å². The molecule has 0 heterocycles. The van der Waals surface area contributed by atoms with E-state index in [1.165, 1.54) is 0 Å². The van der Waals surface area contributed by atoms with Crippen molar-refractivity contribution in [3.8, 4) is 5.75 Å². The van der Waals surface area contributed by atoms with Crippen molar-refractivity contribution in [2.75, 3.05) is 6.61 Å². The number of unbranched alkanes of at least 4 members (excludes halogenated alkanes) is 2. The summed E-state index contributed by atoms with van der Waals surface area (Å²) in [5.41, 5.74) is 0.196. The predicted molar refractivity (Wildman–Crippen MR) is 81.6 cm³/mol. The third-order valence-electron chi connectivity index (χ3n) is 2.71. The number of esters is 1. The van der Waals surface area contributed by atoms with Crippen LogP contribution < -0.4 is 4.74 Å². The Bertz CT molecular complexity index is 460. The highest BCUT2D eigenvalue weighted by molar-refractivity contribution is 5.75. The third-order valence-corrected chi connectivity index (χ3v) is 2.71.